The molecule has 0 unspecified atom stereocenters. The molecule has 0 saturated heterocycles. The molecular formula is C18H19NO2. The second-order valence-corrected chi connectivity index (χ2v) is 5.72. The average Bonchev–Trinajstić information content (AvgIpc) is 2.88. The van der Waals surface area contributed by atoms with E-state index in [0.717, 1.165) is 12.0 Å². The molecule has 2 atom stereocenters. The maximum atomic E-state index is 12.9. The van der Waals surface area contributed by atoms with Gasteiger partial charge in [0.05, 0.1) is 0 Å². The lowest BCUT2D eigenvalue weighted by Crippen LogP contribution is -2.50. The number of ketones is 1. The Morgan fingerprint density at radius 2 is 2.05 bits per heavy atom. The van der Waals surface area contributed by atoms with Gasteiger partial charge in [0, 0.05) is 25.1 Å². The number of nitrogens with zero attached hydrogens (tertiary/aromatic N) is 1. The van der Waals surface area contributed by atoms with Gasteiger partial charge in [-0.25, -0.2) is 0 Å². The zero-order chi connectivity index (χ0) is 14.9. The molecule has 1 heterocycles. The van der Waals surface area contributed by atoms with Crippen LogP contribution in [0.2, 0.25) is 0 Å². The Hall–Kier alpha value is -2.16. The SMILES string of the molecule is C=CCN1C=C[C@H](c2ccccc2)[C@@]2(CCCC2=O)C1=O. The van der Waals surface area contributed by atoms with Gasteiger partial charge in [0.25, 0.3) is 0 Å². The molecule has 1 spiro atoms. The molecule has 2 aliphatic rings. The summed E-state index contributed by atoms with van der Waals surface area (Å²) in [6, 6.07) is 9.86. The van der Waals surface area contributed by atoms with Crippen LogP contribution in [0.4, 0.5) is 0 Å². The Bertz CT molecular complexity index is 605. The highest BCUT2D eigenvalue weighted by Crippen LogP contribution is 2.50. The third kappa shape index (κ3) is 2.04. The first-order chi connectivity index (χ1) is 10.2. The average molecular weight is 281 g/mol. The summed E-state index contributed by atoms with van der Waals surface area (Å²) in [6.45, 7) is 4.14. The van der Waals surface area contributed by atoms with Gasteiger partial charge in [0.1, 0.15) is 11.2 Å². The van der Waals surface area contributed by atoms with Gasteiger partial charge in [-0.3, -0.25) is 9.59 Å². The van der Waals surface area contributed by atoms with Gasteiger partial charge in [0.15, 0.2) is 0 Å². The minimum absolute atomic E-state index is 0.0683. The minimum Gasteiger partial charge on any atom is -0.315 e. The highest BCUT2D eigenvalue weighted by atomic mass is 16.2. The first kappa shape index (κ1) is 13.8. The molecule has 1 amide bonds. The summed E-state index contributed by atoms with van der Waals surface area (Å²) in [7, 11) is 0. The standard InChI is InChI=1S/C18H19NO2/c1-2-12-19-13-10-15(14-7-4-3-5-8-14)18(17(19)21)11-6-9-16(18)20/h2-5,7-8,10,13,15H,1,6,9,11-12H2/t15-,18-/m1/s1. The highest BCUT2D eigenvalue weighted by molar-refractivity contribution is 6.09. The van der Waals surface area contributed by atoms with E-state index in [-0.39, 0.29) is 17.6 Å². The zero-order valence-corrected chi connectivity index (χ0v) is 12.0. The molecule has 1 aromatic rings. The van der Waals surface area contributed by atoms with Crippen LogP contribution in [-0.2, 0) is 9.59 Å². The molecule has 0 N–H and O–H groups in total. The molecule has 1 aliphatic carbocycles. The van der Waals surface area contributed by atoms with Crippen LogP contribution in [-0.4, -0.2) is 23.1 Å². The van der Waals surface area contributed by atoms with E-state index >= 15 is 0 Å². The Morgan fingerprint density at radius 1 is 1.29 bits per heavy atom. The Labute approximate surface area is 125 Å². The number of allylic oxidation sites excluding steroid dienone is 1. The molecule has 108 valence electrons. The second-order valence-electron chi connectivity index (χ2n) is 5.72. The molecule has 3 nitrogen and oxygen atoms in total. The Kier molecular flexibility index (Phi) is 3.50. The molecule has 21 heavy (non-hydrogen) atoms. The van der Waals surface area contributed by atoms with Crippen molar-refractivity contribution < 1.29 is 9.59 Å². The van der Waals surface area contributed by atoms with Crippen LogP contribution in [0.3, 0.4) is 0 Å². The third-order valence-corrected chi connectivity index (χ3v) is 4.59. The summed E-state index contributed by atoms with van der Waals surface area (Å²) in [5.74, 6) is -0.136. The number of hydrogen-bond donors (Lipinski definition) is 0. The van der Waals surface area contributed by atoms with Crippen molar-refractivity contribution >= 4 is 11.7 Å². The predicted molar refractivity (Wildman–Crippen MR) is 81.5 cm³/mol. The third-order valence-electron chi connectivity index (χ3n) is 4.59. The number of benzene rings is 1. The van der Waals surface area contributed by atoms with Crippen LogP contribution in [0.15, 0.2) is 55.3 Å². The van der Waals surface area contributed by atoms with Crippen molar-refractivity contribution in [1.29, 1.82) is 0 Å². The van der Waals surface area contributed by atoms with Gasteiger partial charge < -0.3 is 4.90 Å². The van der Waals surface area contributed by atoms with Crippen LogP contribution < -0.4 is 0 Å². The highest BCUT2D eigenvalue weighted by Gasteiger charge is 2.56. The number of Topliss-reactive ketones (excluding diaryl/α,β-unsaturated/α-hetero) is 1. The number of carbonyl (C=O) groups excluding carboxylic acids is 2. The van der Waals surface area contributed by atoms with Crippen molar-refractivity contribution in [3.8, 4) is 0 Å². The summed E-state index contributed by atoms with van der Waals surface area (Å²) in [5, 5.41) is 0. The summed E-state index contributed by atoms with van der Waals surface area (Å²) < 4.78 is 0. The lowest BCUT2D eigenvalue weighted by Gasteiger charge is -2.40. The van der Waals surface area contributed by atoms with Crippen molar-refractivity contribution in [2.75, 3.05) is 6.54 Å². The molecule has 0 aromatic heterocycles. The molecule has 1 saturated carbocycles. The van der Waals surface area contributed by atoms with Crippen LogP contribution in [0, 0.1) is 5.41 Å². The first-order valence-corrected chi connectivity index (χ1v) is 7.38. The van der Waals surface area contributed by atoms with E-state index in [1.54, 1.807) is 17.2 Å². The van der Waals surface area contributed by atoms with E-state index in [9.17, 15) is 9.59 Å². The van der Waals surface area contributed by atoms with Crippen LogP contribution >= 0.6 is 0 Å². The van der Waals surface area contributed by atoms with E-state index in [4.69, 9.17) is 0 Å². The van der Waals surface area contributed by atoms with E-state index in [1.165, 1.54) is 0 Å². The fourth-order valence-corrected chi connectivity index (χ4v) is 3.60. The monoisotopic (exact) mass is 281 g/mol. The molecule has 0 bridgehead atoms. The topological polar surface area (TPSA) is 37.4 Å². The lowest BCUT2D eigenvalue weighted by atomic mass is 9.67. The van der Waals surface area contributed by atoms with Crippen molar-refractivity contribution in [1.82, 2.24) is 4.90 Å². The van der Waals surface area contributed by atoms with E-state index in [0.29, 0.717) is 19.4 Å². The number of carbonyl (C=O) groups is 2. The van der Waals surface area contributed by atoms with Gasteiger partial charge in [-0.15, -0.1) is 6.58 Å². The Balaban J connectivity index is 2.10. The van der Waals surface area contributed by atoms with E-state index in [1.807, 2.05) is 36.4 Å². The maximum Gasteiger partial charge on any atom is 0.241 e. The molecular weight excluding hydrogens is 262 g/mol. The predicted octanol–water partition coefficient (Wildman–Crippen LogP) is 3.05. The minimum atomic E-state index is -0.904. The molecule has 3 heteroatoms. The van der Waals surface area contributed by atoms with Gasteiger partial charge in [-0.2, -0.15) is 0 Å². The van der Waals surface area contributed by atoms with Crippen molar-refractivity contribution in [2.45, 2.75) is 25.2 Å². The fourth-order valence-electron chi connectivity index (χ4n) is 3.60. The van der Waals surface area contributed by atoms with Crippen molar-refractivity contribution in [2.24, 2.45) is 5.41 Å². The van der Waals surface area contributed by atoms with Gasteiger partial charge in [-0.1, -0.05) is 42.5 Å². The Morgan fingerprint density at radius 3 is 2.67 bits per heavy atom. The van der Waals surface area contributed by atoms with E-state index < -0.39 is 5.41 Å². The molecule has 0 radical (unpaired) electrons. The summed E-state index contributed by atoms with van der Waals surface area (Å²) in [6.07, 6.45) is 7.44. The van der Waals surface area contributed by atoms with Gasteiger partial charge in [0.2, 0.25) is 5.91 Å². The summed E-state index contributed by atoms with van der Waals surface area (Å²) in [5.41, 5.74) is 0.134. The zero-order valence-electron chi connectivity index (χ0n) is 12.0. The summed E-state index contributed by atoms with van der Waals surface area (Å²) in [4.78, 5) is 27.1. The quantitative estimate of drug-likeness (QED) is 0.631. The molecule has 1 fully saturated rings. The first-order valence-electron chi connectivity index (χ1n) is 7.38. The van der Waals surface area contributed by atoms with Gasteiger partial charge in [-0.05, 0) is 18.4 Å². The molecule has 1 aromatic carbocycles. The molecule has 1 aliphatic heterocycles. The molecule has 3 rings (SSSR count). The lowest BCUT2D eigenvalue weighted by molar-refractivity contribution is -0.147. The van der Waals surface area contributed by atoms with Crippen molar-refractivity contribution in [3.63, 3.8) is 0 Å². The smallest absolute Gasteiger partial charge is 0.241 e. The van der Waals surface area contributed by atoms with E-state index in [2.05, 4.69) is 6.58 Å². The van der Waals surface area contributed by atoms with Crippen LogP contribution in [0.25, 0.3) is 0 Å². The van der Waals surface area contributed by atoms with Crippen LogP contribution in [0.1, 0.15) is 30.7 Å². The fraction of sp³-hybridized carbons (Fsp3) is 0.333. The van der Waals surface area contributed by atoms with Crippen molar-refractivity contribution in [3.05, 3.63) is 60.8 Å². The number of amides is 1. The van der Waals surface area contributed by atoms with Crippen LogP contribution in [0.5, 0.6) is 0 Å². The van der Waals surface area contributed by atoms with Gasteiger partial charge >= 0.3 is 0 Å². The number of rotatable bonds is 3. The normalized spacial score (nSPS) is 28.4. The summed E-state index contributed by atoms with van der Waals surface area (Å²) >= 11 is 0. The maximum absolute atomic E-state index is 12.9. The second kappa shape index (κ2) is 5.32. The number of hydrogen-bond acceptors (Lipinski definition) is 2. The largest absolute Gasteiger partial charge is 0.315 e.